The van der Waals surface area contributed by atoms with Crippen LogP contribution in [0.25, 0.3) is 0 Å². The Morgan fingerprint density at radius 2 is 2.59 bits per heavy atom. The fourth-order valence-corrected chi connectivity index (χ4v) is 2.79. The summed E-state index contributed by atoms with van der Waals surface area (Å²) in [6.45, 7) is 1.44. The zero-order valence-corrected chi connectivity index (χ0v) is 10.5. The first-order valence-electron chi connectivity index (χ1n) is 5.59. The number of hydrogen-bond acceptors (Lipinski definition) is 6. The van der Waals surface area contributed by atoms with Crippen LogP contribution in [0.2, 0.25) is 0 Å². The molecule has 2 rings (SSSR count). The number of aliphatic hydroxyl groups excluding tert-OH is 1. The molecule has 0 unspecified atom stereocenters. The lowest BCUT2D eigenvalue weighted by Gasteiger charge is -2.36. The van der Waals surface area contributed by atoms with Gasteiger partial charge in [-0.25, -0.2) is 0 Å². The van der Waals surface area contributed by atoms with E-state index in [1.165, 1.54) is 7.11 Å². The third-order valence-corrected chi connectivity index (χ3v) is 3.75. The van der Waals surface area contributed by atoms with Gasteiger partial charge in [0.05, 0.1) is 18.7 Å². The van der Waals surface area contributed by atoms with E-state index in [0.717, 1.165) is 17.8 Å². The van der Waals surface area contributed by atoms with Crippen LogP contribution >= 0.6 is 11.3 Å². The monoisotopic (exact) mass is 256 g/mol. The number of rotatable bonds is 3. The molecule has 6 heteroatoms. The molecule has 0 bridgehead atoms. The summed E-state index contributed by atoms with van der Waals surface area (Å²) in [5.74, 6) is -0.360. The molecule has 0 aliphatic carbocycles. The highest BCUT2D eigenvalue weighted by atomic mass is 32.1. The summed E-state index contributed by atoms with van der Waals surface area (Å²) in [5.41, 5.74) is 1.77. The number of carbonyl (C=O) groups excluding carboxylic acids is 1. The second-order valence-corrected chi connectivity index (χ2v) is 5.09. The molecule has 2 heterocycles. The van der Waals surface area contributed by atoms with Gasteiger partial charge in [-0.2, -0.15) is 0 Å². The zero-order chi connectivity index (χ0) is 12.3. The molecule has 1 aliphatic heterocycles. The maximum Gasteiger partial charge on any atom is 0.325 e. The normalized spacial score (nSPS) is 25.8. The quantitative estimate of drug-likeness (QED) is 0.804. The van der Waals surface area contributed by atoms with E-state index in [1.54, 1.807) is 23.0 Å². The molecule has 0 saturated carbocycles. The molecule has 0 amide bonds. The fraction of sp³-hybridized carbons (Fsp3) is 0.636. The highest BCUT2D eigenvalue weighted by Crippen LogP contribution is 2.22. The van der Waals surface area contributed by atoms with Gasteiger partial charge in [0.15, 0.2) is 0 Å². The number of likely N-dealkylation sites (tertiary alicyclic amines) is 1. The largest absolute Gasteiger partial charge is 0.468 e. The summed E-state index contributed by atoms with van der Waals surface area (Å²) in [7, 11) is 1.36. The molecule has 0 aromatic carbocycles. The van der Waals surface area contributed by atoms with Crippen molar-refractivity contribution in [2.24, 2.45) is 0 Å². The summed E-state index contributed by atoms with van der Waals surface area (Å²) in [6, 6.07) is -0.546. The minimum absolute atomic E-state index is 0.360. The van der Waals surface area contributed by atoms with Gasteiger partial charge in [0.2, 0.25) is 0 Å². The Balaban J connectivity index is 2.09. The van der Waals surface area contributed by atoms with Gasteiger partial charge in [-0.1, -0.05) is 0 Å². The van der Waals surface area contributed by atoms with Crippen LogP contribution < -0.4 is 0 Å². The van der Waals surface area contributed by atoms with E-state index in [0.29, 0.717) is 13.0 Å². The van der Waals surface area contributed by atoms with E-state index in [4.69, 9.17) is 4.74 Å². The van der Waals surface area contributed by atoms with Crippen LogP contribution in [0.1, 0.15) is 17.7 Å². The van der Waals surface area contributed by atoms with Gasteiger partial charge in [-0.3, -0.25) is 14.7 Å². The molecule has 1 N–H and O–H groups in total. The predicted molar refractivity (Wildman–Crippen MR) is 63.6 cm³/mol. The summed E-state index contributed by atoms with van der Waals surface area (Å²) in [6.07, 6.45) is 2.70. The van der Waals surface area contributed by atoms with Gasteiger partial charge in [-0.05, 0) is 19.4 Å². The van der Waals surface area contributed by atoms with Crippen molar-refractivity contribution in [1.82, 2.24) is 9.88 Å². The van der Waals surface area contributed by atoms with E-state index in [-0.39, 0.29) is 5.97 Å². The molecule has 1 aliphatic rings. The van der Waals surface area contributed by atoms with Crippen LogP contribution in [-0.2, 0) is 16.1 Å². The van der Waals surface area contributed by atoms with Crippen molar-refractivity contribution in [1.29, 1.82) is 0 Å². The average molecular weight is 256 g/mol. The third-order valence-electron chi connectivity index (χ3n) is 2.99. The number of aliphatic hydroxyl groups is 1. The smallest absolute Gasteiger partial charge is 0.325 e. The maximum atomic E-state index is 11.7. The molecule has 5 nitrogen and oxygen atoms in total. The third kappa shape index (κ3) is 2.83. The number of carbonyl (C=O) groups is 1. The van der Waals surface area contributed by atoms with E-state index in [9.17, 15) is 9.90 Å². The van der Waals surface area contributed by atoms with Crippen LogP contribution in [0.4, 0.5) is 0 Å². The van der Waals surface area contributed by atoms with E-state index in [2.05, 4.69) is 4.98 Å². The van der Waals surface area contributed by atoms with Crippen molar-refractivity contribution >= 4 is 17.3 Å². The molecule has 94 valence electrons. The maximum absolute atomic E-state index is 11.7. The van der Waals surface area contributed by atoms with Crippen LogP contribution in [0.15, 0.2) is 11.7 Å². The van der Waals surface area contributed by atoms with Crippen molar-refractivity contribution in [3.05, 3.63) is 16.6 Å². The summed E-state index contributed by atoms with van der Waals surface area (Å²) in [5, 5.41) is 9.91. The van der Waals surface area contributed by atoms with Crippen LogP contribution in [0, 0.1) is 0 Å². The standard InChI is InChI=1S/C11H16N2O3S/c1-16-11(15)10-9(14)3-2-4-13(10)6-8-5-12-7-17-8/h5,7,9-10,14H,2-4,6H2,1H3/t9-,10+/m0/s1. The Bertz CT molecular complexity index is 369. The number of piperidine rings is 1. The molecular formula is C11H16N2O3S. The van der Waals surface area contributed by atoms with E-state index < -0.39 is 12.1 Å². The molecular weight excluding hydrogens is 240 g/mol. The van der Waals surface area contributed by atoms with Crippen LogP contribution in [0.3, 0.4) is 0 Å². The Morgan fingerprint density at radius 1 is 1.76 bits per heavy atom. The number of esters is 1. The summed E-state index contributed by atoms with van der Waals surface area (Å²) < 4.78 is 4.76. The predicted octanol–water partition coefficient (Wildman–Crippen LogP) is 0.641. The number of hydrogen-bond donors (Lipinski definition) is 1. The SMILES string of the molecule is COC(=O)[C@H]1[C@@H](O)CCCN1Cc1cncs1. The topological polar surface area (TPSA) is 62.7 Å². The average Bonchev–Trinajstić information content (AvgIpc) is 2.81. The molecule has 0 spiro atoms. The summed E-state index contributed by atoms with van der Waals surface area (Å²) >= 11 is 1.55. The molecule has 0 radical (unpaired) electrons. The number of thiazole rings is 1. The van der Waals surface area contributed by atoms with Gasteiger partial charge in [0.1, 0.15) is 6.04 Å². The Morgan fingerprint density at radius 3 is 3.24 bits per heavy atom. The second kappa shape index (κ2) is 5.57. The molecule has 2 atom stereocenters. The van der Waals surface area contributed by atoms with Crippen molar-refractivity contribution in [2.75, 3.05) is 13.7 Å². The lowest BCUT2D eigenvalue weighted by atomic mass is 9.99. The Labute approximate surface area is 104 Å². The highest BCUT2D eigenvalue weighted by Gasteiger charge is 2.36. The van der Waals surface area contributed by atoms with E-state index >= 15 is 0 Å². The van der Waals surface area contributed by atoms with Crippen molar-refractivity contribution in [3.63, 3.8) is 0 Å². The van der Waals surface area contributed by atoms with Crippen molar-refractivity contribution in [3.8, 4) is 0 Å². The zero-order valence-electron chi connectivity index (χ0n) is 9.70. The highest BCUT2D eigenvalue weighted by molar-refractivity contribution is 7.09. The first-order valence-corrected chi connectivity index (χ1v) is 6.47. The number of nitrogens with zero attached hydrogens (tertiary/aromatic N) is 2. The summed E-state index contributed by atoms with van der Waals surface area (Å²) in [4.78, 5) is 18.7. The van der Waals surface area contributed by atoms with Crippen LogP contribution in [0.5, 0.6) is 0 Å². The van der Waals surface area contributed by atoms with Gasteiger partial charge >= 0.3 is 5.97 Å². The first kappa shape index (κ1) is 12.5. The minimum atomic E-state index is -0.635. The lowest BCUT2D eigenvalue weighted by Crippen LogP contribution is -2.52. The number of methoxy groups -OCH3 is 1. The number of aromatic nitrogens is 1. The van der Waals surface area contributed by atoms with E-state index in [1.807, 2.05) is 4.90 Å². The molecule has 1 fully saturated rings. The first-order chi connectivity index (χ1) is 8.22. The fourth-order valence-electron chi connectivity index (χ4n) is 2.17. The second-order valence-electron chi connectivity index (χ2n) is 4.12. The van der Waals surface area contributed by atoms with Gasteiger partial charge in [0.25, 0.3) is 0 Å². The van der Waals surface area contributed by atoms with Gasteiger partial charge in [0, 0.05) is 17.6 Å². The lowest BCUT2D eigenvalue weighted by molar-refractivity contribution is -0.154. The van der Waals surface area contributed by atoms with Gasteiger partial charge in [-0.15, -0.1) is 11.3 Å². The molecule has 1 aromatic heterocycles. The van der Waals surface area contributed by atoms with Crippen molar-refractivity contribution in [2.45, 2.75) is 31.5 Å². The molecule has 1 saturated heterocycles. The minimum Gasteiger partial charge on any atom is -0.468 e. The Hall–Kier alpha value is -0.980. The molecule has 1 aromatic rings. The van der Waals surface area contributed by atoms with Crippen LogP contribution in [-0.4, -0.2) is 46.8 Å². The Kier molecular flexibility index (Phi) is 4.09. The van der Waals surface area contributed by atoms with Crippen molar-refractivity contribution < 1.29 is 14.6 Å². The molecule has 17 heavy (non-hydrogen) atoms. The number of ether oxygens (including phenoxy) is 1. The van der Waals surface area contributed by atoms with Gasteiger partial charge < -0.3 is 9.84 Å².